The summed E-state index contributed by atoms with van der Waals surface area (Å²) < 4.78 is 5.40. The molecule has 1 fully saturated rings. The van der Waals surface area contributed by atoms with Crippen LogP contribution in [-0.2, 0) is 6.54 Å². The van der Waals surface area contributed by atoms with Gasteiger partial charge in [0.05, 0.1) is 12.7 Å². The van der Waals surface area contributed by atoms with Crippen LogP contribution in [0.25, 0.3) is 0 Å². The predicted octanol–water partition coefficient (Wildman–Crippen LogP) is 2.35. The van der Waals surface area contributed by atoms with Crippen LogP contribution in [-0.4, -0.2) is 35.8 Å². The molecule has 3 nitrogen and oxygen atoms in total. The molecule has 1 aliphatic heterocycles. The molecular formula is C15H23NO2. The summed E-state index contributed by atoms with van der Waals surface area (Å²) in [6.07, 6.45) is 1.95. The third-order valence-electron chi connectivity index (χ3n) is 3.58. The SMILES string of the molecule is COc1ccc(C)cc1CN1CCCC(C)(O)C1. The summed E-state index contributed by atoms with van der Waals surface area (Å²) in [6, 6.07) is 6.25. The monoisotopic (exact) mass is 249 g/mol. The van der Waals surface area contributed by atoms with E-state index in [-0.39, 0.29) is 0 Å². The summed E-state index contributed by atoms with van der Waals surface area (Å²) >= 11 is 0. The van der Waals surface area contributed by atoms with E-state index in [1.807, 2.05) is 13.0 Å². The molecule has 0 saturated carbocycles. The third-order valence-corrected chi connectivity index (χ3v) is 3.58. The zero-order chi connectivity index (χ0) is 13.2. The average Bonchev–Trinajstić information content (AvgIpc) is 2.28. The largest absolute Gasteiger partial charge is 0.496 e. The molecule has 0 aliphatic carbocycles. The fourth-order valence-electron chi connectivity index (χ4n) is 2.73. The van der Waals surface area contributed by atoms with Crippen LogP contribution in [0.1, 0.15) is 30.9 Å². The molecule has 3 heteroatoms. The van der Waals surface area contributed by atoms with E-state index >= 15 is 0 Å². The highest BCUT2D eigenvalue weighted by Crippen LogP contribution is 2.25. The van der Waals surface area contributed by atoms with E-state index in [1.54, 1.807) is 7.11 Å². The van der Waals surface area contributed by atoms with E-state index in [0.29, 0.717) is 0 Å². The molecule has 0 aromatic heterocycles. The molecule has 0 spiro atoms. The van der Waals surface area contributed by atoms with Gasteiger partial charge in [-0.25, -0.2) is 0 Å². The minimum Gasteiger partial charge on any atom is -0.496 e. The van der Waals surface area contributed by atoms with Gasteiger partial charge in [0, 0.05) is 18.7 Å². The Bertz CT molecular complexity index is 415. The van der Waals surface area contributed by atoms with Crippen molar-refractivity contribution >= 4 is 0 Å². The Labute approximate surface area is 109 Å². The van der Waals surface area contributed by atoms with Crippen LogP contribution < -0.4 is 4.74 Å². The van der Waals surface area contributed by atoms with E-state index in [2.05, 4.69) is 24.0 Å². The maximum absolute atomic E-state index is 10.1. The second-order valence-electron chi connectivity index (χ2n) is 5.63. The van der Waals surface area contributed by atoms with Gasteiger partial charge in [0.2, 0.25) is 0 Å². The molecule has 0 bridgehead atoms. The average molecular weight is 249 g/mol. The highest BCUT2D eigenvalue weighted by Gasteiger charge is 2.28. The van der Waals surface area contributed by atoms with Gasteiger partial charge in [0.1, 0.15) is 5.75 Å². The van der Waals surface area contributed by atoms with Crippen LogP contribution in [0.15, 0.2) is 18.2 Å². The lowest BCUT2D eigenvalue weighted by atomic mass is 9.94. The standard InChI is InChI=1S/C15H23NO2/c1-12-5-6-14(18-3)13(9-12)10-16-8-4-7-15(2,17)11-16/h5-6,9,17H,4,7-8,10-11H2,1-3H3. The summed E-state index contributed by atoms with van der Waals surface area (Å²) in [5.74, 6) is 0.936. The number of rotatable bonds is 3. The number of nitrogens with zero attached hydrogens (tertiary/aromatic N) is 1. The number of ether oxygens (including phenoxy) is 1. The fourth-order valence-corrected chi connectivity index (χ4v) is 2.73. The fraction of sp³-hybridized carbons (Fsp3) is 0.600. The number of hydrogen-bond donors (Lipinski definition) is 1. The van der Waals surface area contributed by atoms with Gasteiger partial charge in [-0.15, -0.1) is 0 Å². The van der Waals surface area contributed by atoms with Crippen molar-refractivity contribution in [2.24, 2.45) is 0 Å². The maximum Gasteiger partial charge on any atom is 0.123 e. The number of hydrogen-bond acceptors (Lipinski definition) is 3. The zero-order valence-corrected chi connectivity index (χ0v) is 11.6. The lowest BCUT2D eigenvalue weighted by Gasteiger charge is -2.37. The summed E-state index contributed by atoms with van der Waals surface area (Å²) in [5.41, 5.74) is 1.90. The van der Waals surface area contributed by atoms with Crippen molar-refractivity contribution in [1.82, 2.24) is 4.90 Å². The second-order valence-corrected chi connectivity index (χ2v) is 5.63. The molecule has 1 saturated heterocycles. The van der Waals surface area contributed by atoms with E-state index < -0.39 is 5.60 Å². The molecule has 1 heterocycles. The molecule has 1 unspecified atom stereocenters. The molecule has 0 amide bonds. The molecule has 2 rings (SSSR count). The van der Waals surface area contributed by atoms with Crippen LogP contribution in [0.5, 0.6) is 5.75 Å². The van der Waals surface area contributed by atoms with Crippen molar-refractivity contribution in [1.29, 1.82) is 0 Å². The number of likely N-dealkylation sites (tertiary alicyclic amines) is 1. The number of aliphatic hydroxyl groups is 1. The highest BCUT2D eigenvalue weighted by molar-refractivity contribution is 5.36. The van der Waals surface area contributed by atoms with Gasteiger partial charge in [0.25, 0.3) is 0 Å². The van der Waals surface area contributed by atoms with Crippen LogP contribution in [0.3, 0.4) is 0 Å². The molecule has 18 heavy (non-hydrogen) atoms. The van der Waals surface area contributed by atoms with Crippen LogP contribution in [0.4, 0.5) is 0 Å². The van der Waals surface area contributed by atoms with Crippen LogP contribution >= 0.6 is 0 Å². The molecule has 1 atom stereocenters. The molecule has 1 N–H and O–H groups in total. The van der Waals surface area contributed by atoms with E-state index in [1.165, 1.54) is 11.1 Å². The van der Waals surface area contributed by atoms with Crippen molar-refractivity contribution in [2.45, 2.75) is 38.8 Å². The summed E-state index contributed by atoms with van der Waals surface area (Å²) in [7, 11) is 1.71. The minimum absolute atomic E-state index is 0.546. The number of benzene rings is 1. The lowest BCUT2D eigenvalue weighted by molar-refractivity contribution is -0.0183. The van der Waals surface area contributed by atoms with E-state index in [9.17, 15) is 5.11 Å². The summed E-state index contributed by atoms with van der Waals surface area (Å²) in [6.45, 7) is 6.65. The van der Waals surface area contributed by atoms with Gasteiger partial charge in [-0.05, 0) is 39.3 Å². The number of aryl methyl sites for hydroxylation is 1. The van der Waals surface area contributed by atoms with E-state index in [4.69, 9.17) is 4.74 Å². The Morgan fingerprint density at radius 2 is 2.22 bits per heavy atom. The summed E-state index contributed by atoms with van der Waals surface area (Å²) in [4.78, 5) is 2.31. The quantitative estimate of drug-likeness (QED) is 0.892. The van der Waals surface area contributed by atoms with Gasteiger partial charge >= 0.3 is 0 Å². The first-order valence-electron chi connectivity index (χ1n) is 6.58. The minimum atomic E-state index is -0.546. The van der Waals surface area contributed by atoms with Crippen molar-refractivity contribution < 1.29 is 9.84 Å². The molecule has 0 radical (unpaired) electrons. The number of piperidine rings is 1. The Morgan fingerprint density at radius 3 is 2.89 bits per heavy atom. The zero-order valence-electron chi connectivity index (χ0n) is 11.6. The Hall–Kier alpha value is -1.06. The van der Waals surface area contributed by atoms with Crippen molar-refractivity contribution in [2.75, 3.05) is 20.2 Å². The van der Waals surface area contributed by atoms with Gasteiger partial charge in [-0.3, -0.25) is 4.90 Å². The van der Waals surface area contributed by atoms with Crippen molar-refractivity contribution in [3.05, 3.63) is 29.3 Å². The molecule has 1 aromatic carbocycles. The van der Waals surface area contributed by atoms with Gasteiger partial charge in [-0.1, -0.05) is 17.7 Å². The first kappa shape index (κ1) is 13.4. The smallest absolute Gasteiger partial charge is 0.123 e. The van der Waals surface area contributed by atoms with Crippen molar-refractivity contribution in [3.8, 4) is 5.75 Å². The lowest BCUT2D eigenvalue weighted by Crippen LogP contribution is -2.45. The molecule has 1 aliphatic rings. The first-order chi connectivity index (χ1) is 8.50. The van der Waals surface area contributed by atoms with Crippen LogP contribution in [0.2, 0.25) is 0 Å². The third kappa shape index (κ3) is 3.24. The molecule has 100 valence electrons. The first-order valence-corrected chi connectivity index (χ1v) is 6.58. The highest BCUT2D eigenvalue weighted by atomic mass is 16.5. The molecule has 1 aromatic rings. The Kier molecular flexibility index (Phi) is 3.93. The van der Waals surface area contributed by atoms with Crippen molar-refractivity contribution in [3.63, 3.8) is 0 Å². The molecular weight excluding hydrogens is 226 g/mol. The van der Waals surface area contributed by atoms with E-state index in [0.717, 1.165) is 38.2 Å². The topological polar surface area (TPSA) is 32.7 Å². The normalized spacial score (nSPS) is 25.1. The maximum atomic E-state index is 10.1. The Balaban J connectivity index is 2.11. The predicted molar refractivity (Wildman–Crippen MR) is 72.9 cm³/mol. The second kappa shape index (κ2) is 5.29. The van der Waals surface area contributed by atoms with Gasteiger partial charge in [-0.2, -0.15) is 0 Å². The van der Waals surface area contributed by atoms with Gasteiger partial charge < -0.3 is 9.84 Å². The summed E-state index contributed by atoms with van der Waals surface area (Å²) in [5, 5.41) is 10.1. The number of methoxy groups -OCH3 is 1. The van der Waals surface area contributed by atoms with Crippen LogP contribution in [0, 0.1) is 6.92 Å². The number of β-amino-alcohol motifs (C(OH)–C–C–N with tert-alkyl or cyclic N) is 1. The van der Waals surface area contributed by atoms with Gasteiger partial charge in [0.15, 0.2) is 0 Å². The Morgan fingerprint density at radius 1 is 1.44 bits per heavy atom.